The Morgan fingerprint density at radius 3 is 2.52 bits per heavy atom. The Labute approximate surface area is 204 Å². The molecule has 1 heterocycles. The molecule has 4 rings (SSSR count). The van der Waals surface area contributed by atoms with E-state index in [2.05, 4.69) is 10.4 Å². The molecule has 0 spiro atoms. The number of carbonyl (C=O) groups is 1. The maximum atomic E-state index is 13.8. The van der Waals surface area contributed by atoms with Crippen LogP contribution in [-0.2, 0) is 13.2 Å². The van der Waals surface area contributed by atoms with Gasteiger partial charge >= 0.3 is 0 Å². The lowest BCUT2D eigenvalue weighted by Crippen LogP contribution is -2.13. The molecule has 0 aliphatic heterocycles. The van der Waals surface area contributed by atoms with Gasteiger partial charge in [0.2, 0.25) is 0 Å². The highest BCUT2D eigenvalue weighted by atomic mass is 35.5. The van der Waals surface area contributed by atoms with Crippen molar-refractivity contribution in [1.29, 1.82) is 0 Å². The predicted molar refractivity (Wildman–Crippen MR) is 128 cm³/mol. The zero-order valence-corrected chi connectivity index (χ0v) is 19.3. The van der Waals surface area contributed by atoms with E-state index in [0.717, 1.165) is 5.56 Å². The third-order valence-electron chi connectivity index (χ3n) is 4.71. The van der Waals surface area contributed by atoms with Crippen LogP contribution in [0.1, 0.15) is 21.5 Å². The number of aromatic nitrogens is 2. The zero-order valence-electron chi connectivity index (χ0n) is 17.1. The first kappa shape index (κ1) is 23.1. The van der Waals surface area contributed by atoms with Crippen molar-refractivity contribution >= 4 is 46.5 Å². The molecule has 33 heavy (non-hydrogen) atoms. The fourth-order valence-corrected chi connectivity index (χ4v) is 4.06. The molecular weight excluding hydrogens is 488 g/mol. The monoisotopic (exact) mass is 503 g/mol. The van der Waals surface area contributed by atoms with Crippen molar-refractivity contribution < 1.29 is 13.9 Å². The second kappa shape index (κ2) is 10.3. The van der Waals surface area contributed by atoms with E-state index in [0.29, 0.717) is 37.8 Å². The van der Waals surface area contributed by atoms with Gasteiger partial charge in [-0.15, -0.1) is 0 Å². The Balaban J connectivity index is 1.40. The van der Waals surface area contributed by atoms with Gasteiger partial charge in [0, 0.05) is 28.4 Å². The number of nitrogens with zero attached hydrogens (tertiary/aromatic N) is 2. The van der Waals surface area contributed by atoms with Crippen LogP contribution < -0.4 is 10.1 Å². The minimum atomic E-state index is -0.337. The van der Waals surface area contributed by atoms with E-state index in [4.69, 9.17) is 39.5 Å². The van der Waals surface area contributed by atoms with Crippen molar-refractivity contribution in [3.8, 4) is 5.75 Å². The molecule has 4 aromatic rings. The molecule has 1 N–H and O–H groups in total. The standard InChI is InChI=1S/C24H17Cl3FN3O2/c25-18-11-19(26)23(20(27)12-18)33-14-15-4-3-6-16(10-15)24(32)29-22-8-9-31(30-22)13-17-5-1-2-7-21(17)28/h1-12H,13-14H2,(H,29,30,32). The lowest BCUT2D eigenvalue weighted by atomic mass is 10.1. The quantitative estimate of drug-likeness (QED) is 0.299. The van der Waals surface area contributed by atoms with Crippen LogP contribution in [0.25, 0.3) is 0 Å². The highest BCUT2D eigenvalue weighted by Gasteiger charge is 2.12. The number of hydrogen-bond donors (Lipinski definition) is 1. The van der Waals surface area contributed by atoms with Crippen molar-refractivity contribution in [2.24, 2.45) is 0 Å². The number of nitrogens with one attached hydrogen (secondary N) is 1. The number of benzene rings is 3. The van der Waals surface area contributed by atoms with Gasteiger partial charge < -0.3 is 10.1 Å². The Kier molecular flexibility index (Phi) is 7.18. The molecule has 0 atom stereocenters. The van der Waals surface area contributed by atoms with Gasteiger partial charge in [-0.05, 0) is 35.9 Å². The summed E-state index contributed by atoms with van der Waals surface area (Å²) in [6, 6.07) is 18.1. The molecule has 0 aliphatic carbocycles. The fourth-order valence-electron chi connectivity index (χ4n) is 3.13. The molecule has 0 saturated heterocycles. The smallest absolute Gasteiger partial charge is 0.256 e. The van der Waals surface area contributed by atoms with E-state index in [9.17, 15) is 9.18 Å². The second-order valence-corrected chi connectivity index (χ2v) is 8.38. The van der Waals surface area contributed by atoms with Gasteiger partial charge in [-0.1, -0.05) is 65.1 Å². The summed E-state index contributed by atoms with van der Waals surface area (Å²) < 4.78 is 21.1. The van der Waals surface area contributed by atoms with E-state index in [1.54, 1.807) is 65.5 Å². The topological polar surface area (TPSA) is 56.2 Å². The van der Waals surface area contributed by atoms with Gasteiger partial charge in [-0.25, -0.2) is 4.39 Å². The van der Waals surface area contributed by atoms with Crippen LogP contribution in [0.3, 0.4) is 0 Å². The van der Waals surface area contributed by atoms with E-state index in [1.807, 2.05) is 6.07 Å². The van der Waals surface area contributed by atoms with Crippen LogP contribution in [0.15, 0.2) is 72.9 Å². The zero-order chi connectivity index (χ0) is 23.4. The summed E-state index contributed by atoms with van der Waals surface area (Å²) in [4.78, 5) is 12.7. The SMILES string of the molecule is O=C(Nc1ccn(Cc2ccccc2F)n1)c1cccc(COc2c(Cl)cc(Cl)cc2Cl)c1. The minimum absolute atomic E-state index is 0.152. The molecular formula is C24H17Cl3FN3O2. The van der Waals surface area contributed by atoms with Crippen LogP contribution in [0.2, 0.25) is 15.1 Å². The Morgan fingerprint density at radius 1 is 1.00 bits per heavy atom. The molecule has 0 saturated carbocycles. The molecule has 0 radical (unpaired) electrons. The van der Waals surface area contributed by atoms with Crippen molar-refractivity contribution in [3.63, 3.8) is 0 Å². The maximum absolute atomic E-state index is 13.8. The van der Waals surface area contributed by atoms with E-state index in [-0.39, 0.29) is 24.9 Å². The van der Waals surface area contributed by atoms with Gasteiger partial charge in [0.1, 0.15) is 12.4 Å². The van der Waals surface area contributed by atoms with Gasteiger partial charge in [-0.2, -0.15) is 5.10 Å². The molecule has 1 amide bonds. The average Bonchev–Trinajstić information content (AvgIpc) is 3.21. The molecule has 1 aromatic heterocycles. The third-order valence-corrected chi connectivity index (χ3v) is 5.49. The number of hydrogen-bond acceptors (Lipinski definition) is 3. The number of ether oxygens (including phenoxy) is 1. The van der Waals surface area contributed by atoms with Gasteiger partial charge in [0.25, 0.3) is 5.91 Å². The molecule has 0 aliphatic rings. The minimum Gasteiger partial charge on any atom is -0.486 e. The highest BCUT2D eigenvalue weighted by Crippen LogP contribution is 2.36. The number of anilines is 1. The molecule has 0 unspecified atom stereocenters. The summed E-state index contributed by atoms with van der Waals surface area (Å²) >= 11 is 18.2. The molecule has 0 bridgehead atoms. The van der Waals surface area contributed by atoms with Gasteiger partial charge in [0.15, 0.2) is 11.6 Å². The van der Waals surface area contributed by atoms with E-state index in [1.165, 1.54) is 6.07 Å². The van der Waals surface area contributed by atoms with Crippen molar-refractivity contribution in [3.05, 3.63) is 111 Å². The summed E-state index contributed by atoms with van der Waals surface area (Å²) in [5, 5.41) is 8.04. The molecule has 0 fully saturated rings. The number of halogens is 4. The van der Waals surface area contributed by atoms with Crippen LogP contribution in [-0.4, -0.2) is 15.7 Å². The first-order valence-electron chi connectivity index (χ1n) is 9.83. The fraction of sp³-hybridized carbons (Fsp3) is 0.0833. The lowest BCUT2D eigenvalue weighted by molar-refractivity contribution is 0.102. The summed E-state index contributed by atoms with van der Waals surface area (Å²) in [6.07, 6.45) is 1.67. The highest BCUT2D eigenvalue weighted by molar-refractivity contribution is 6.40. The first-order valence-corrected chi connectivity index (χ1v) is 11.0. The second-order valence-electron chi connectivity index (χ2n) is 7.13. The summed E-state index contributed by atoms with van der Waals surface area (Å²) in [5.41, 5.74) is 1.68. The third kappa shape index (κ3) is 5.85. The van der Waals surface area contributed by atoms with Crippen molar-refractivity contribution in [2.75, 3.05) is 5.32 Å². The van der Waals surface area contributed by atoms with Crippen molar-refractivity contribution in [2.45, 2.75) is 13.2 Å². The molecule has 9 heteroatoms. The summed E-state index contributed by atoms with van der Waals surface area (Å²) in [6.45, 7) is 0.407. The van der Waals surface area contributed by atoms with Crippen LogP contribution in [0.5, 0.6) is 5.75 Å². The largest absolute Gasteiger partial charge is 0.486 e. The van der Waals surface area contributed by atoms with E-state index < -0.39 is 0 Å². The Hall–Kier alpha value is -3.06. The van der Waals surface area contributed by atoms with Crippen LogP contribution in [0, 0.1) is 5.82 Å². The van der Waals surface area contributed by atoms with Crippen LogP contribution in [0.4, 0.5) is 10.2 Å². The summed E-state index contributed by atoms with van der Waals surface area (Å²) in [7, 11) is 0. The maximum Gasteiger partial charge on any atom is 0.256 e. The molecule has 5 nitrogen and oxygen atoms in total. The number of rotatable bonds is 7. The molecule has 168 valence electrons. The van der Waals surface area contributed by atoms with Gasteiger partial charge in [-0.3, -0.25) is 9.48 Å². The normalized spacial score (nSPS) is 10.8. The molecule has 3 aromatic carbocycles. The summed E-state index contributed by atoms with van der Waals surface area (Å²) in [5.74, 6) is 0.0324. The van der Waals surface area contributed by atoms with Crippen molar-refractivity contribution in [1.82, 2.24) is 9.78 Å². The van der Waals surface area contributed by atoms with Gasteiger partial charge in [0.05, 0.1) is 16.6 Å². The number of amides is 1. The predicted octanol–water partition coefficient (Wildman–Crippen LogP) is 6.86. The first-order chi connectivity index (χ1) is 15.9. The number of carbonyl (C=O) groups excluding carboxylic acids is 1. The lowest BCUT2D eigenvalue weighted by Gasteiger charge is -2.11. The Bertz CT molecular complexity index is 1290. The van der Waals surface area contributed by atoms with Crippen LogP contribution >= 0.6 is 34.8 Å². The average molecular weight is 505 g/mol. The van der Waals surface area contributed by atoms with E-state index >= 15 is 0 Å². The Morgan fingerprint density at radius 2 is 1.76 bits per heavy atom.